The van der Waals surface area contributed by atoms with Crippen LogP contribution in [-0.4, -0.2) is 50.8 Å². The van der Waals surface area contributed by atoms with E-state index < -0.39 is 5.82 Å². The number of halogens is 2. The molecule has 1 heterocycles. The summed E-state index contributed by atoms with van der Waals surface area (Å²) in [5.74, 6) is -0.774. The largest absolute Gasteiger partial charge is 0.380 e. The van der Waals surface area contributed by atoms with Gasteiger partial charge in [-0.05, 0) is 30.2 Å². The molecule has 0 aromatic heterocycles. The van der Waals surface area contributed by atoms with Gasteiger partial charge in [0.2, 0.25) is 0 Å². The third kappa shape index (κ3) is 4.86. The maximum Gasteiger partial charge on any atom is 0.126 e. The van der Waals surface area contributed by atoms with Gasteiger partial charge in [-0.1, -0.05) is 0 Å². The first-order chi connectivity index (χ1) is 9.25. The molecule has 5 heteroatoms. The predicted octanol–water partition coefficient (Wildman–Crippen LogP) is 1.43. The van der Waals surface area contributed by atoms with Crippen LogP contribution in [-0.2, 0) is 11.2 Å². The van der Waals surface area contributed by atoms with Crippen LogP contribution in [0.15, 0.2) is 18.2 Å². The second-order valence-corrected chi connectivity index (χ2v) is 4.69. The van der Waals surface area contributed by atoms with Gasteiger partial charge in [-0.2, -0.15) is 0 Å². The van der Waals surface area contributed by atoms with Gasteiger partial charge >= 0.3 is 0 Å². The Labute approximate surface area is 112 Å². The van der Waals surface area contributed by atoms with Crippen LogP contribution in [0.25, 0.3) is 0 Å². The Morgan fingerprint density at radius 3 is 2.74 bits per heavy atom. The minimum absolute atomic E-state index is 0.368. The second kappa shape index (κ2) is 7.53. The van der Waals surface area contributed by atoms with Gasteiger partial charge in [-0.25, -0.2) is 8.78 Å². The predicted molar refractivity (Wildman–Crippen MR) is 70.2 cm³/mol. The third-order valence-corrected chi connectivity index (χ3v) is 3.28. The Morgan fingerprint density at radius 1 is 1.16 bits per heavy atom. The first-order valence-electron chi connectivity index (χ1n) is 6.70. The summed E-state index contributed by atoms with van der Waals surface area (Å²) >= 11 is 0. The average Bonchev–Trinajstić information content (AvgIpc) is 2.43. The molecular formula is C14H20F2N2O. The van der Waals surface area contributed by atoms with Gasteiger partial charge in [0.1, 0.15) is 11.6 Å². The molecule has 0 spiro atoms. The normalized spacial score (nSPS) is 16.7. The molecule has 1 aromatic carbocycles. The first kappa shape index (κ1) is 14.4. The summed E-state index contributed by atoms with van der Waals surface area (Å²) in [5.41, 5.74) is 0.377. The molecule has 0 amide bonds. The lowest BCUT2D eigenvalue weighted by Crippen LogP contribution is -2.44. The Bertz CT molecular complexity index is 395. The molecule has 0 unspecified atom stereocenters. The molecule has 3 nitrogen and oxygen atoms in total. The molecule has 0 atom stereocenters. The second-order valence-electron chi connectivity index (χ2n) is 4.69. The third-order valence-electron chi connectivity index (χ3n) is 3.28. The number of nitrogens with zero attached hydrogens (tertiary/aromatic N) is 1. The van der Waals surface area contributed by atoms with Crippen molar-refractivity contribution >= 4 is 0 Å². The highest BCUT2D eigenvalue weighted by Gasteiger charge is 2.08. The Kier molecular flexibility index (Phi) is 5.69. The molecule has 2 rings (SSSR count). The average molecular weight is 270 g/mol. The van der Waals surface area contributed by atoms with Crippen LogP contribution >= 0.6 is 0 Å². The molecule has 0 saturated carbocycles. The molecule has 106 valence electrons. The van der Waals surface area contributed by atoms with Gasteiger partial charge in [-0.15, -0.1) is 0 Å². The summed E-state index contributed by atoms with van der Waals surface area (Å²) in [5, 5.41) is 3.29. The van der Waals surface area contributed by atoms with Crippen LogP contribution < -0.4 is 5.32 Å². The van der Waals surface area contributed by atoms with E-state index in [1.54, 1.807) is 0 Å². The number of piperazine rings is 1. The summed E-state index contributed by atoms with van der Waals surface area (Å²) in [6, 6.07) is 3.52. The van der Waals surface area contributed by atoms with E-state index in [1.807, 2.05) is 0 Å². The van der Waals surface area contributed by atoms with Gasteiger partial charge in [0.25, 0.3) is 0 Å². The summed E-state index contributed by atoms with van der Waals surface area (Å²) in [4.78, 5) is 2.33. The van der Waals surface area contributed by atoms with Gasteiger partial charge in [0.15, 0.2) is 0 Å². The van der Waals surface area contributed by atoms with Crippen LogP contribution in [0.2, 0.25) is 0 Å². The van der Waals surface area contributed by atoms with E-state index in [0.717, 1.165) is 44.9 Å². The summed E-state index contributed by atoms with van der Waals surface area (Å²) in [6.45, 7) is 6.09. The number of hydrogen-bond donors (Lipinski definition) is 1. The molecule has 1 N–H and O–H groups in total. The van der Waals surface area contributed by atoms with E-state index >= 15 is 0 Å². The van der Waals surface area contributed by atoms with Crippen LogP contribution in [0.3, 0.4) is 0 Å². The highest BCUT2D eigenvalue weighted by Crippen LogP contribution is 2.10. The molecule has 1 saturated heterocycles. The fourth-order valence-electron chi connectivity index (χ4n) is 2.15. The van der Waals surface area contributed by atoms with Crippen molar-refractivity contribution in [3.05, 3.63) is 35.4 Å². The van der Waals surface area contributed by atoms with Crippen molar-refractivity contribution in [2.24, 2.45) is 0 Å². The van der Waals surface area contributed by atoms with Crippen molar-refractivity contribution in [3.8, 4) is 0 Å². The van der Waals surface area contributed by atoms with Crippen LogP contribution in [0.5, 0.6) is 0 Å². The zero-order valence-electron chi connectivity index (χ0n) is 11.0. The van der Waals surface area contributed by atoms with E-state index in [4.69, 9.17) is 4.74 Å². The highest BCUT2D eigenvalue weighted by atomic mass is 19.1. The standard InChI is InChI=1S/C14H20F2N2O/c15-13-1-2-14(16)12(11-13)3-9-19-10-8-18-6-4-17-5-7-18/h1-2,11,17H,3-10H2. The maximum absolute atomic E-state index is 13.3. The van der Waals surface area contributed by atoms with Crippen LogP contribution in [0.1, 0.15) is 5.56 Å². The maximum atomic E-state index is 13.3. The smallest absolute Gasteiger partial charge is 0.126 e. The van der Waals surface area contributed by atoms with E-state index in [-0.39, 0.29) is 5.82 Å². The molecule has 0 radical (unpaired) electrons. The van der Waals surface area contributed by atoms with Crippen molar-refractivity contribution < 1.29 is 13.5 Å². The van der Waals surface area contributed by atoms with E-state index in [0.29, 0.717) is 25.2 Å². The number of hydrogen-bond acceptors (Lipinski definition) is 3. The van der Waals surface area contributed by atoms with Gasteiger partial charge in [-0.3, -0.25) is 4.90 Å². The number of benzene rings is 1. The first-order valence-corrected chi connectivity index (χ1v) is 6.70. The monoisotopic (exact) mass is 270 g/mol. The van der Waals surface area contributed by atoms with Crippen molar-refractivity contribution in [1.29, 1.82) is 0 Å². The number of ether oxygens (including phenoxy) is 1. The van der Waals surface area contributed by atoms with Crippen LogP contribution in [0, 0.1) is 11.6 Å². The molecule has 19 heavy (non-hydrogen) atoms. The quantitative estimate of drug-likeness (QED) is 0.791. The van der Waals surface area contributed by atoms with E-state index in [1.165, 1.54) is 6.07 Å². The minimum Gasteiger partial charge on any atom is -0.380 e. The molecule has 1 aliphatic rings. The van der Waals surface area contributed by atoms with Gasteiger partial charge in [0, 0.05) is 32.7 Å². The van der Waals surface area contributed by atoms with E-state index in [9.17, 15) is 8.78 Å². The van der Waals surface area contributed by atoms with Crippen molar-refractivity contribution in [3.63, 3.8) is 0 Å². The van der Waals surface area contributed by atoms with Crippen molar-refractivity contribution in [1.82, 2.24) is 10.2 Å². The van der Waals surface area contributed by atoms with E-state index in [2.05, 4.69) is 10.2 Å². The molecule has 1 aromatic rings. The fourth-order valence-corrected chi connectivity index (χ4v) is 2.15. The Hall–Kier alpha value is -1.04. The van der Waals surface area contributed by atoms with Gasteiger partial charge in [0.05, 0.1) is 13.2 Å². The molecule has 0 aliphatic carbocycles. The molecule has 1 fully saturated rings. The van der Waals surface area contributed by atoms with Crippen molar-refractivity contribution in [2.75, 3.05) is 45.9 Å². The Balaban J connectivity index is 1.62. The van der Waals surface area contributed by atoms with Gasteiger partial charge < -0.3 is 10.1 Å². The lowest BCUT2D eigenvalue weighted by Gasteiger charge is -2.26. The summed E-state index contributed by atoms with van der Waals surface area (Å²) in [6.07, 6.45) is 0.408. The Morgan fingerprint density at radius 2 is 1.95 bits per heavy atom. The minimum atomic E-state index is -0.405. The van der Waals surface area contributed by atoms with Crippen molar-refractivity contribution in [2.45, 2.75) is 6.42 Å². The number of rotatable bonds is 6. The fraction of sp³-hybridized carbons (Fsp3) is 0.571. The number of nitrogens with one attached hydrogen (secondary N) is 1. The summed E-state index contributed by atoms with van der Waals surface area (Å²) in [7, 11) is 0. The molecule has 0 bridgehead atoms. The SMILES string of the molecule is Fc1ccc(F)c(CCOCCN2CCNCC2)c1. The topological polar surface area (TPSA) is 24.5 Å². The lowest BCUT2D eigenvalue weighted by atomic mass is 10.1. The molecular weight excluding hydrogens is 250 g/mol. The highest BCUT2D eigenvalue weighted by molar-refractivity contribution is 5.18. The van der Waals surface area contributed by atoms with Crippen LogP contribution in [0.4, 0.5) is 8.78 Å². The molecule has 1 aliphatic heterocycles. The zero-order chi connectivity index (χ0) is 13.5. The zero-order valence-corrected chi connectivity index (χ0v) is 11.0. The summed E-state index contributed by atoms with van der Waals surface area (Å²) < 4.78 is 31.8. The lowest BCUT2D eigenvalue weighted by molar-refractivity contribution is 0.101.